The predicted octanol–water partition coefficient (Wildman–Crippen LogP) is 1.51. The SMILES string of the molecule is CC(C)(C)c1nnc2sc(SCC(=O)N3CCN(C(=O)c4ccco4)CC3)nn2c1=O. The van der Waals surface area contributed by atoms with Crippen LogP contribution >= 0.6 is 23.1 Å². The van der Waals surface area contributed by atoms with Crippen molar-refractivity contribution in [3.05, 3.63) is 40.2 Å². The van der Waals surface area contributed by atoms with Crippen molar-refractivity contribution < 1.29 is 14.0 Å². The fraction of sp³-hybridized carbons (Fsp3) is 0.474. The van der Waals surface area contributed by atoms with Gasteiger partial charge in [-0.05, 0) is 12.1 Å². The molecule has 0 unspecified atom stereocenters. The first-order chi connectivity index (χ1) is 14.7. The molecule has 3 aromatic heterocycles. The summed E-state index contributed by atoms with van der Waals surface area (Å²) in [6, 6.07) is 3.31. The van der Waals surface area contributed by atoms with Crippen molar-refractivity contribution in [2.75, 3.05) is 31.9 Å². The zero-order valence-corrected chi connectivity index (χ0v) is 19.0. The standard InChI is InChI=1S/C19H22N6O4S2/c1-19(2,3)14-16(28)25-17(21-20-14)31-18(22-25)30-11-13(26)23-6-8-24(9-7-23)15(27)12-5-4-10-29-12/h4-5,10H,6-9,11H2,1-3H3. The summed E-state index contributed by atoms with van der Waals surface area (Å²) in [4.78, 5) is 41.4. The Hall–Kier alpha value is -2.73. The molecule has 0 aromatic carbocycles. The molecular formula is C19H22N6O4S2. The fourth-order valence-electron chi connectivity index (χ4n) is 3.16. The van der Waals surface area contributed by atoms with Crippen molar-refractivity contribution in [1.82, 2.24) is 29.6 Å². The molecular weight excluding hydrogens is 440 g/mol. The molecule has 0 bridgehead atoms. The van der Waals surface area contributed by atoms with E-state index < -0.39 is 5.41 Å². The number of fused-ring (bicyclic) bond motifs is 1. The second-order valence-corrected chi connectivity index (χ2v) is 10.3. The summed E-state index contributed by atoms with van der Waals surface area (Å²) in [6.45, 7) is 7.53. The Bertz CT molecular complexity index is 1160. The molecule has 4 rings (SSSR count). The molecule has 1 saturated heterocycles. The highest BCUT2D eigenvalue weighted by Gasteiger charge is 2.27. The molecule has 4 heterocycles. The van der Waals surface area contributed by atoms with Crippen molar-refractivity contribution in [3.63, 3.8) is 0 Å². The van der Waals surface area contributed by atoms with Crippen LogP contribution in [-0.4, -0.2) is 73.4 Å². The lowest BCUT2D eigenvalue weighted by molar-refractivity contribution is -0.129. The van der Waals surface area contributed by atoms with Crippen LogP contribution in [0.1, 0.15) is 37.0 Å². The molecule has 0 radical (unpaired) electrons. The summed E-state index contributed by atoms with van der Waals surface area (Å²) < 4.78 is 6.99. The number of piperazine rings is 1. The van der Waals surface area contributed by atoms with Crippen molar-refractivity contribution >= 4 is 39.9 Å². The van der Waals surface area contributed by atoms with Crippen LogP contribution in [0.5, 0.6) is 0 Å². The van der Waals surface area contributed by atoms with Crippen LogP contribution in [-0.2, 0) is 10.2 Å². The van der Waals surface area contributed by atoms with Gasteiger partial charge in [0.2, 0.25) is 10.9 Å². The number of hydrogen-bond donors (Lipinski definition) is 0. The van der Waals surface area contributed by atoms with Crippen LogP contribution in [0.4, 0.5) is 0 Å². The number of aromatic nitrogens is 4. The average Bonchev–Trinajstić information content (AvgIpc) is 3.41. The Morgan fingerprint density at radius 3 is 2.52 bits per heavy atom. The van der Waals surface area contributed by atoms with Gasteiger partial charge in [-0.3, -0.25) is 14.4 Å². The summed E-state index contributed by atoms with van der Waals surface area (Å²) in [5.41, 5.74) is -0.368. The quantitative estimate of drug-likeness (QED) is 0.536. The molecule has 1 aliphatic heterocycles. The zero-order chi connectivity index (χ0) is 22.2. The minimum Gasteiger partial charge on any atom is -0.459 e. The lowest BCUT2D eigenvalue weighted by Gasteiger charge is -2.34. The topological polar surface area (TPSA) is 114 Å². The van der Waals surface area contributed by atoms with Gasteiger partial charge in [-0.1, -0.05) is 43.9 Å². The first kappa shape index (κ1) is 21.5. The Morgan fingerprint density at radius 2 is 1.87 bits per heavy atom. The maximum absolute atomic E-state index is 12.6. The lowest BCUT2D eigenvalue weighted by atomic mass is 9.93. The zero-order valence-electron chi connectivity index (χ0n) is 17.4. The van der Waals surface area contributed by atoms with Crippen molar-refractivity contribution in [2.24, 2.45) is 0 Å². The van der Waals surface area contributed by atoms with E-state index in [9.17, 15) is 14.4 Å². The summed E-state index contributed by atoms with van der Waals surface area (Å²) in [5.74, 6) is 0.296. The van der Waals surface area contributed by atoms with E-state index >= 15 is 0 Å². The molecule has 31 heavy (non-hydrogen) atoms. The Balaban J connectivity index is 1.35. The van der Waals surface area contributed by atoms with Crippen LogP contribution in [0.2, 0.25) is 0 Å². The largest absolute Gasteiger partial charge is 0.459 e. The Kier molecular flexibility index (Phi) is 5.84. The Morgan fingerprint density at radius 1 is 1.16 bits per heavy atom. The lowest BCUT2D eigenvalue weighted by Crippen LogP contribution is -2.51. The number of furan rings is 1. The summed E-state index contributed by atoms with van der Waals surface area (Å²) in [5, 5.41) is 12.5. The molecule has 2 amide bonds. The molecule has 0 N–H and O–H groups in total. The number of carbonyl (C=O) groups excluding carboxylic acids is 2. The van der Waals surface area contributed by atoms with Crippen LogP contribution in [0.3, 0.4) is 0 Å². The number of amides is 2. The van der Waals surface area contributed by atoms with E-state index in [4.69, 9.17) is 4.42 Å². The predicted molar refractivity (Wildman–Crippen MR) is 116 cm³/mol. The minimum absolute atomic E-state index is 0.0387. The molecule has 0 aliphatic carbocycles. The number of carbonyl (C=O) groups is 2. The van der Waals surface area contributed by atoms with Crippen molar-refractivity contribution in [1.29, 1.82) is 0 Å². The summed E-state index contributed by atoms with van der Waals surface area (Å²) >= 11 is 2.50. The van der Waals surface area contributed by atoms with Crippen LogP contribution in [0.25, 0.3) is 4.96 Å². The second-order valence-electron chi connectivity index (χ2n) is 8.11. The third-order valence-electron chi connectivity index (χ3n) is 4.85. The first-order valence-electron chi connectivity index (χ1n) is 9.74. The molecule has 1 aliphatic rings. The highest BCUT2D eigenvalue weighted by Crippen LogP contribution is 2.24. The molecule has 164 valence electrons. The smallest absolute Gasteiger partial charge is 0.297 e. The first-order valence-corrected chi connectivity index (χ1v) is 11.5. The molecule has 0 atom stereocenters. The number of nitrogens with zero attached hydrogens (tertiary/aromatic N) is 6. The second kappa shape index (κ2) is 8.42. The van der Waals surface area contributed by atoms with Crippen LogP contribution < -0.4 is 5.56 Å². The maximum atomic E-state index is 12.6. The van der Waals surface area contributed by atoms with E-state index in [-0.39, 0.29) is 23.1 Å². The van der Waals surface area contributed by atoms with Gasteiger partial charge in [0.1, 0.15) is 5.69 Å². The average molecular weight is 463 g/mol. The number of hydrogen-bond acceptors (Lipinski definition) is 9. The fourth-order valence-corrected chi connectivity index (χ4v) is 4.93. The highest BCUT2D eigenvalue weighted by atomic mass is 32.2. The number of rotatable bonds is 4. The summed E-state index contributed by atoms with van der Waals surface area (Å²) in [6.07, 6.45) is 1.47. The van der Waals surface area contributed by atoms with E-state index in [0.717, 1.165) is 0 Å². The van der Waals surface area contributed by atoms with E-state index in [2.05, 4.69) is 15.3 Å². The molecule has 10 nitrogen and oxygen atoms in total. The summed E-state index contributed by atoms with van der Waals surface area (Å²) in [7, 11) is 0. The van der Waals surface area contributed by atoms with Gasteiger partial charge in [-0.15, -0.1) is 15.3 Å². The normalized spacial score (nSPS) is 14.9. The highest BCUT2D eigenvalue weighted by molar-refractivity contribution is 8.01. The van der Waals surface area contributed by atoms with Crippen molar-refractivity contribution in [2.45, 2.75) is 30.5 Å². The number of thioether (sulfide) groups is 1. The van der Waals surface area contributed by atoms with Gasteiger partial charge in [-0.2, -0.15) is 4.52 Å². The van der Waals surface area contributed by atoms with E-state index in [1.54, 1.807) is 21.9 Å². The minimum atomic E-state index is -0.432. The van der Waals surface area contributed by atoms with E-state index in [1.165, 1.54) is 33.9 Å². The maximum Gasteiger partial charge on any atom is 0.297 e. The molecule has 1 fully saturated rings. The monoisotopic (exact) mass is 462 g/mol. The molecule has 12 heteroatoms. The van der Waals surface area contributed by atoms with Crippen LogP contribution in [0, 0.1) is 0 Å². The van der Waals surface area contributed by atoms with Gasteiger partial charge in [0.05, 0.1) is 12.0 Å². The van der Waals surface area contributed by atoms with E-state index in [0.29, 0.717) is 46.9 Å². The van der Waals surface area contributed by atoms with Gasteiger partial charge < -0.3 is 14.2 Å². The molecule has 3 aromatic rings. The van der Waals surface area contributed by atoms with E-state index in [1.807, 2.05) is 20.8 Å². The van der Waals surface area contributed by atoms with Gasteiger partial charge in [-0.25, -0.2) is 0 Å². The van der Waals surface area contributed by atoms with Gasteiger partial charge in [0.15, 0.2) is 10.1 Å². The van der Waals surface area contributed by atoms with Gasteiger partial charge in [0.25, 0.3) is 11.5 Å². The van der Waals surface area contributed by atoms with Crippen molar-refractivity contribution in [3.8, 4) is 0 Å². The third kappa shape index (κ3) is 4.49. The van der Waals surface area contributed by atoms with Gasteiger partial charge >= 0.3 is 0 Å². The van der Waals surface area contributed by atoms with Gasteiger partial charge in [0, 0.05) is 31.6 Å². The van der Waals surface area contributed by atoms with Crippen LogP contribution in [0.15, 0.2) is 31.9 Å². The third-order valence-corrected chi connectivity index (χ3v) is 6.87. The molecule has 0 spiro atoms. The molecule has 0 saturated carbocycles. The Labute approximate surface area is 186 Å².